The van der Waals surface area contributed by atoms with E-state index in [4.69, 9.17) is 25.8 Å². The first-order valence-electron chi connectivity index (χ1n) is 12.7. The third-order valence-corrected chi connectivity index (χ3v) is 7.02. The van der Waals surface area contributed by atoms with Gasteiger partial charge in [0.2, 0.25) is 0 Å². The van der Waals surface area contributed by atoms with Crippen LogP contribution in [0.25, 0.3) is 5.76 Å². The molecule has 0 spiro atoms. The lowest BCUT2D eigenvalue weighted by Crippen LogP contribution is -2.29. The van der Waals surface area contributed by atoms with Crippen molar-refractivity contribution in [2.75, 3.05) is 25.7 Å². The van der Waals surface area contributed by atoms with Gasteiger partial charge in [-0.3, -0.25) is 14.5 Å². The summed E-state index contributed by atoms with van der Waals surface area (Å²) in [7, 11) is 3.13. The van der Waals surface area contributed by atoms with Gasteiger partial charge in [0.1, 0.15) is 11.5 Å². The molecule has 39 heavy (non-hydrogen) atoms. The number of halogens is 1. The maximum atomic E-state index is 13.6. The fraction of sp³-hybridized carbons (Fsp3) is 0.290. The topological polar surface area (TPSA) is 85.3 Å². The van der Waals surface area contributed by atoms with Crippen LogP contribution in [0.1, 0.15) is 55.0 Å². The number of aryl methyl sites for hydroxylation is 1. The molecule has 1 unspecified atom stereocenters. The van der Waals surface area contributed by atoms with Crippen molar-refractivity contribution in [3.8, 4) is 17.2 Å². The van der Waals surface area contributed by atoms with E-state index in [1.54, 1.807) is 49.6 Å². The molecule has 4 rings (SSSR count). The summed E-state index contributed by atoms with van der Waals surface area (Å²) in [6, 6.07) is 14.6. The van der Waals surface area contributed by atoms with Crippen LogP contribution in [0.15, 0.2) is 60.2 Å². The lowest BCUT2D eigenvalue weighted by atomic mass is 9.91. The molecule has 1 heterocycles. The second kappa shape index (κ2) is 11.4. The number of carbonyl (C=O) groups is 2. The summed E-state index contributed by atoms with van der Waals surface area (Å²) in [6.45, 7) is 8.09. The minimum Gasteiger partial charge on any atom is -0.507 e. The predicted molar refractivity (Wildman–Crippen MR) is 152 cm³/mol. The summed E-state index contributed by atoms with van der Waals surface area (Å²) in [6.07, 6.45) is 0. The monoisotopic (exact) mass is 549 g/mol. The molecular formula is C31H32ClNO6. The molecule has 0 aromatic heterocycles. The van der Waals surface area contributed by atoms with Crippen LogP contribution in [0.4, 0.5) is 5.69 Å². The largest absolute Gasteiger partial charge is 0.507 e. The molecule has 8 heteroatoms. The summed E-state index contributed by atoms with van der Waals surface area (Å²) < 4.78 is 16.8. The Morgan fingerprint density at radius 2 is 1.72 bits per heavy atom. The molecule has 0 aliphatic carbocycles. The zero-order valence-corrected chi connectivity index (χ0v) is 23.6. The number of anilines is 1. The summed E-state index contributed by atoms with van der Waals surface area (Å²) in [5.41, 5.74) is 2.98. The number of Topliss-reactive ketones (excluding diaryl/α,β-unsaturated/α-hetero) is 1. The first-order chi connectivity index (χ1) is 18.6. The number of methoxy groups -OCH3 is 2. The van der Waals surface area contributed by atoms with Crippen LogP contribution in [0.3, 0.4) is 0 Å². The SMILES string of the molecule is CCOc1cc(C2/C(=C(\O)c3cc(C(C)C)c(OC)cc3C)C(=O)C(=O)N2c2cccc(Cl)c2)ccc1OC. The number of amides is 1. The summed E-state index contributed by atoms with van der Waals surface area (Å²) in [5, 5.41) is 12.1. The van der Waals surface area contributed by atoms with Crippen molar-refractivity contribution >= 4 is 34.7 Å². The molecule has 0 bridgehead atoms. The lowest BCUT2D eigenvalue weighted by Gasteiger charge is -2.26. The highest BCUT2D eigenvalue weighted by Gasteiger charge is 2.47. The van der Waals surface area contributed by atoms with Gasteiger partial charge in [-0.05, 0) is 78.9 Å². The maximum Gasteiger partial charge on any atom is 0.300 e. The molecule has 1 saturated heterocycles. The van der Waals surface area contributed by atoms with Crippen molar-refractivity contribution < 1.29 is 28.9 Å². The van der Waals surface area contributed by atoms with Gasteiger partial charge in [0, 0.05) is 16.3 Å². The van der Waals surface area contributed by atoms with E-state index in [1.807, 2.05) is 39.8 Å². The van der Waals surface area contributed by atoms with Crippen molar-refractivity contribution in [3.63, 3.8) is 0 Å². The number of benzene rings is 3. The van der Waals surface area contributed by atoms with Gasteiger partial charge in [0.25, 0.3) is 11.7 Å². The number of rotatable bonds is 8. The van der Waals surface area contributed by atoms with Crippen LogP contribution < -0.4 is 19.1 Å². The molecule has 1 amide bonds. The van der Waals surface area contributed by atoms with E-state index in [9.17, 15) is 14.7 Å². The minimum absolute atomic E-state index is 0.0319. The number of carbonyl (C=O) groups excluding carboxylic acids is 2. The van der Waals surface area contributed by atoms with E-state index in [0.29, 0.717) is 51.3 Å². The summed E-state index contributed by atoms with van der Waals surface area (Å²) in [5.74, 6) is -0.0949. The number of hydrogen-bond donors (Lipinski definition) is 1. The third kappa shape index (κ3) is 5.19. The average Bonchev–Trinajstić information content (AvgIpc) is 3.18. The van der Waals surface area contributed by atoms with Crippen LogP contribution in [0, 0.1) is 6.92 Å². The Hall–Kier alpha value is -3.97. The van der Waals surface area contributed by atoms with Crippen molar-refractivity contribution in [3.05, 3.63) is 87.4 Å². The summed E-state index contributed by atoms with van der Waals surface area (Å²) in [4.78, 5) is 28.6. The Labute approximate surface area is 233 Å². The maximum absolute atomic E-state index is 13.6. The Balaban J connectivity index is 2.02. The third-order valence-electron chi connectivity index (χ3n) is 6.79. The molecule has 204 valence electrons. The zero-order valence-electron chi connectivity index (χ0n) is 22.9. The Bertz CT molecular complexity index is 1460. The van der Waals surface area contributed by atoms with Gasteiger partial charge in [0.15, 0.2) is 11.5 Å². The molecule has 1 aliphatic heterocycles. The van der Waals surface area contributed by atoms with Gasteiger partial charge >= 0.3 is 0 Å². The molecule has 0 saturated carbocycles. The quantitative estimate of drug-likeness (QED) is 0.189. The first-order valence-corrected chi connectivity index (χ1v) is 13.1. The average molecular weight is 550 g/mol. The van der Waals surface area contributed by atoms with E-state index in [2.05, 4.69) is 0 Å². The lowest BCUT2D eigenvalue weighted by molar-refractivity contribution is -0.132. The number of aliphatic hydroxyl groups is 1. The molecular weight excluding hydrogens is 518 g/mol. The van der Waals surface area contributed by atoms with Crippen molar-refractivity contribution in [2.45, 2.75) is 39.7 Å². The molecule has 0 radical (unpaired) electrons. The number of aliphatic hydroxyl groups excluding tert-OH is 1. The van der Waals surface area contributed by atoms with E-state index in [0.717, 1.165) is 5.56 Å². The van der Waals surface area contributed by atoms with E-state index >= 15 is 0 Å². The van der Waals surface area contributed by atoms with Gasteiger partial charge in [-0.2, -0.15) is 0 Å². The Kier molecular flexibility index (Phi) is 8.21. The molecule has 7 nitrogen and oxygen atoms in total. The summed E-state index contributed by atoms with van der Waals surface area (Å²) >= 11 is 6.27. The van der Waals surface area contributed by atoms with Crippen LogP contribution in [-0.4, -0.2) is 37.6 Å². The zero-order chi connectivity index (χ0) is 28.4. The van der Waals surface area contributed by atoms with Crippen LogP contribution >= 0.6 is 11.6 Å². The van der Waals surface area contributed by atoms with E-state index in [-0.39, 0.29) is 17.3 Å². The molecule has 1 aliphatic rings. The molecule has 3 aromatic rings. The molecule has 3 aromatic carbocycles. The number of ketones is 1. The van der Waals surface area contributed by atoms with Crippen LogP contribution in [0.5, 0.6) is 17.2 Å². The van der Waals surface area contributed by atoms with Crippen LogP contribution in [0.2, 0.25) is 5.02 Å². The normalized spacial score (nSPS) is 16.6. The molecule has 1 fully saturated rings. The van der Waals surface area contributed by atoms with Gasteiger partial charge in [-0.15, -0.1) is 0 Å². The van der Waals surface area contributed by atoms with Crippen molar-refractivity contribution in [1.82, 2.24) is 0 Å². The second-order valence-electron chi connectivity index (χ2n) is 9.56. The van der Waals surface area contributed by atoms with E-state index < -0.39 is 17.7 Å². The number of nitrogens with zero attached hydrogens (tertiary/aromatic N) is 1. The Morgan fingerprint density at radius 1 is 1.00 bits per heavy atom. The minimum atomic E-state index is -0.947. The standard InChI is InChI=1S/C31H32ClNO6/c1-7-39-26-14-19(11-12-24(26)37-5)28-27(30(35)31(36)33(28)21-10-8-9-20(32)15-21)29(34)23-16-22(17(2)3)25(38-6)13-18(23)4/h8-17,28,34H,7H2,1-6H3/b29-27+. The van der Waals surface area contributed by atoms with Gasteiger partial charge in [-0.1, -0.05) is 37.6 Å². The van der Waals surface area contributed by atoms with Gasteiger partial charge in [-0.25, -0.2) is 0 Å². The highest BCUT2D eigenvalue weighted by molar-refractivity contribution is 6.51. The van der Waals surface area contributed by atoms with Crippen molar-refractivity contribution in [1.29, 1.82) is 0 Å². The van der Waals surface area contributed by atoms with Gasteiger partial charge in [0.05, 0.1) is 32.4 Å². The fourth-order valence-corrected chi connectivity index (χ4v) is 5.08. The molecule has 1 atom stereocenters. The number of hydrogen-bond acceptors (Lipinski definition) is 6. The molecule has 1 N–H and O–H groups in total. The first kappa shape index (κ1) is 28.0. The van der Waals surface area contributed by atoms with Gasteiger partial charge < -0.3 is 19.3 Å². The van der Waals surface area contributed by atoms with Crippen LogP contribution in [-0.2, 0) is 9.59 Å². The smallest absolute Gasteiger partial charge is 0.300 e. The predicted octanol–water partition coefficient (Wildman–Crippen LogP) is 6.81. The number of ether oxygens (including phenoxy) is 3. The van der Waals surface area contributed by atoms with E-state index in [1.165, 1.54) is 12.0 Å². The fourth-order valence-electron chi connectivity index (χ4n) is 4.90. The highest BCUT2D eigenvalue weighted by atomic mass is 35.5. The van der Waals surface area contributed by atoms with Crippen molar-refractivity contribution in [2.24, 2.45) is 0 Å². The Morgan fingerprint density at radius 3 is 2.33 bits per heavy atom. The highest BCUT2D eigenvalue weighted by Crippen LogP contribution is 2.45. The second-order valence-corrected chi connectivity index (χ2v) is 9.99.